The molecule has 0 radical (unpaired) electrons. The standard InChI is InChI=1S/C13H14N2O2/c1-8-10(5-4-6-11(8)13(16)17)12-7-15(3)14-9(12)2/h4-7H,1-3H3,(H,16,17). The molecule has 1 N–H and O–H groups in total. The van der Waals surface area contributed by atoms with Gasteiger partial charge in [-0.25, -0.2) is 4.79 Å². The first-order chi connectivity index (χ1) is 8.00. The van der Waals surface area contributed by atoms with E-state index in [0.717, 1.165) is 22.4 Å². The van der Waals surface area contributed by atoms with E-state index in [9.17, 15) is 4.79 Å². The van der Waals surface area contributed by atoms with Crippen LogP contribution in [0.1, 0.15) is 21.6 Å². The number of aromatic carboxylic acids is 1. The molecular formula is C13H14N2O2. The molecule has 2 rings (SSSR count). The maximum absolute atomic E-state index is 11.1. The third kappa shape index (κ3) is 1.93. The van der Waals surface area contributed by atoms with E-state index in [0.29, 0.717) is 5.56 Å². The molecule has 0 saturated carbocycles. The van der Waals surface area contributed by atoms with Crippen molar-refractivity contribution >= 4 is 5.97 Å². The Bertz CT molecular complexity index is 585. The van der Waals surface area contributed by atoms with E-state index in [1.807, 2.05) is 33.2 Å². The number of aryl methyl sites for hydroxylation is 2. The normalized spacial score (nSPS) is 10.5. The fourth-order valence-corrected chi connectivity index (χ4v) is 2.02. The van der Waals surface area contributed by atoms with Gasteiger partial charge in [0.25, 0.3) is 0 Å². The van der Waals surface area contributed by atoms with Crippen LogP contribution in [0, 0.1) is 13.8 Å². The lowest BCUT2D eigenvalue weighted by molar-refractivity contribution is 0.0696. The van der Waals surface area contributed by atoms with Crippen LogP contribution in [0.4, 0.5) is 0 Å². The van der Waals surface area contributed by atoms with Gasteiger partial charge in [0.05, 0.1) is 11.3 Å². The summed E-state index contributed by atoms with van der Waals surface area (Å²) in [5.74, 6) is -0.897. The highest BCUT2D eigenvalue weighted by Gasteiger charge is 2.14. The van der Waals surface area contributed by atoms with Gasteiger partial charge in [0.2, 0.25) is 0 Å². The molecular weight excluding hydrogens is 216 g/mol. The highest BCUT2D eigenvalue weighted by molar-refractivity contribution is 5.92. The molecule has 4 nitrogen and oxygen atoms in total. The molecule has 0 aliphatic rings. The van der Waals surface area contributed by atoms with Crippen LogP contribution in [0.3, 0.4) is 0 Å². The molecule has 0 saturated heterocycles. The average molecular weight is 230 g/mol. The Balaban J connectivity index is 2.64. The van der Waals surface area contributed by atoms with E-state index < -0.39 is 5.97 Å². The lowest BCUT2D eigenvalue weighted by atomic mass is 9.97. The minimum Gasteiger partial charge on any atom is -0.478 e. The quantitative estimate of drug-likeness (QED) is 0.861. The number of aromatic nitrogens is 2. The highest BCUT2D eigenvalue weighted by atomic mass is 16.4. The van der Waals surface area contributed by atoms with Gasteiger partial charge in [-0.2, -0.15) is 5.10 Å². The maximum atomic E-state index is 11.1. The SMILES string of the molecule is Cc1nn(C)cc1-c1cccc(C(=O)O)c1C. The number of carboxylic acid groups (broad SMARTS) is 1. The monoisotopic (exact) mass is 230 g/mol. The van der Waals surface area contributed by atoms with Crippen LogP contribution in [0.15, 0.2) is 24.4 Å². The first-order valence-electron chi connectivity index (χ1n) is 5.34. The van der Waals surface area contributed by atoms with E-state index in [1.54, 1.807) is 16.8 Å². The Morgan fingerprint density at radius 2 is 2.00 bits per heavy atom. The largest absolute Gasteiger partial charge is 0.478 e. The van der Waals surface area contributed by atoms with E-state index in [-0.39, 0.29) is 0 Å². The third-order valence-corrected chi connectivity index (χ3v) is 2.87. The van der Waals surface area contributed by atoms with Gasteiger partial charge in [-0.3, -0.25) is 4.68 Å². The minimum atomic E-state index is -0.897. The van der Waals surface area contributed by atoms with E-state index in [4.69, 9.17) is 5.11 Å². The third-order valence-electron chi connectivity index (χ3n) is 2.87. The van der Waals surface area contributed by atoms with Crippen molar-refractivity contribution in [2.75, 3.05) is 0 Å². The van der Waals surface area contributed by atoms with Crippen molar-refractivity contribution in [3.63, 3.8) is 0 Å². The summed E-state index contributed by atoms with van der Waals surface area (Å²) in [5.41, 5.74) is 3.92. The number of carbonyl (C=O) groups is 1. The summed E-state index contributed by atoms with van der Waals surface area (Å²) < 4.78 is 1.73. The van der Waals surface area contributed by atoms with Gasteiger partial charge in [-0.1, -0.05) is 12.1 Å². The average Bonchev–Trinajstić information content (AvgIpc) is 2.57. The molecule has 0 aliphatic carbocycles. The Morgan fingerprint density at radius 3 is 2.53 bits per heavy atom. The number of rotatable bonds is 2. The van der Waals surface area contributed by atoms with E-state index >= 15 is 0 Å². The molecule has 88 valence electrons. The zero-order valence-corrected chi connectivity index (χ0v) is 10.1. The van der Waals surface area contributed by atoms with Crippen molar-refractivity contribution in [3.05, 3.63) is 41.2 Å². The Labute approximate surface area is 99.5 Å². The van der Waals surface area contributed by atoms with Crippen LogP contribution < -0.4 is 0 Å². The van der Waals surface area contributed by atoms with Crippen LogP contribution >= 0.6 is 0 Å². The van der Waals surface area contributed by atoms with Crippen molar-refractivity contribution in [1.29, 1.82) is 0 Å². The Kier molecular flexibility index (Phi) is 2.71. The number of hydrogen-bond acceptors (Lipinski definition) is 2. The Hall–Kier alpha value is -2.10. The van der Waals surface area contributed by atoms with Crippen LogP contribution in [0.2, 0.25) is 0 Å². The summed E-state index contributed by atoms with van der Waals surface area (Å²) in [6, 6.07) is 5.30. The van der Waals surface area contributed by atoms with Gasteiger partial charge >= 0.3 is 5.97 Å². The number of carboxylic acids is 1. The second kappa shape index (κ2) is 4.05. The topological polar surface area (TPSA) is 55.1 Å². The summed E-state index contributed by atoms with van der Waals surface area (Å²) >= 11 is 0. The number of benzene rings is 1. The molecule has 17 heavy (non-hydrogen) atoms. The van der Waals surface area contributed by atoms with Crippen molar-refractivity contribution in [3.8, 4) is 11.1 Å². The lowest BCUT2D eigenvalue weighted by Crippen LogP contribution is -2.00. The molecule has 1 aromatic carbocycles. The van der Waals surface area contributed by atoms with Gasteiger partial charge < -0.3 is 5.11 Å². The van der Waals surface area contributed by atoms with E-state index in [1.165, 1.54) is 0 Å². The summed E-state index contributed by atoms with van der Waals surface area (Å²) in [5, 5.41) is 13.4. The zero-order valence-electron chi connectivity index (χ0n) is 10.1. The first-order valence-corrected chi connectivity index (χ1v) is 5.34. The molecule has 0 fully saturated rings. The van der Waals surface area contributed by atoms with Crippen LogP contribution in [0.25, 0.3) is 11.1 Å². The molecule has 0 amide bonds. The smallest absolute Gasteiger partial charge is 0.335 e. The molecule has 1 aromatic heterocycles. The van der Waals surface area contributed by atoms with Gasteiger partial charge in [-0.05, 0) is 31.0 Å². The fraction of sp³-hybridized carbons (Fsp3) is 0.231. The molecule has 2 aromatic rings. The maximum Gasteiger partial charge on any atom is 0.335 e. The Morgan fingerprint density at radius 1 is 1.29 bits per heavy atom. The molecule has 0 spiro atoms. The summed E-state index contributed by atoms with van der Waals surface area (Å²) in [7, 11) is 1.85. The highest BCUT2D eigenvalue weighted by Crippen LogP contribution is 2.27. The van der Waals surface area contributed by atoms with Crippen molar-refractivity contribution in [1.82, 2.24) is 9.78 Å². The lowest BCUT2D eigenvalue weighted by Gasteiger charge is -2.07. The summed E-state index contributed by atoms with van der Waals surface area (Å²) in [6.45, 7) is 3.74. The van der Waals surface area contributed by atoms with Crippen LogP contribution in [-0.4, -0.2) is 20.9 Å². The zero-order chi connectivity index (χ0) is 12.6. The van der Waals surface area contributed by atoms with Crippen LogP contribution in [0.5, 0.6) is 0 Å². The number of nitrogens with zero attached hydrogens (tertiary/aromatic N) is 2. The minimum absolute atomic E-state index is 0.339. The first kappa shape index (κ1) is 11.4. The second-order valence-corrected chi connectivity index (χ2v) is 4.09. The van der Waals surface area contributed by atoms with Crippen molar-refractivity contribution in [2.45, 2.75) is 13.8 Å². The molecule has 0 bridgehead atoms. The van der Waals surface area contributed by atoms with Gasteiger partial charge in [0.15, 0.2) is 0 Å². The molecule has 0 unspecified atom stereocenters. The number of hydrogen-bond donors (Lipinski definition) is 1. The van der Waals surface area contributed by atoms with Crippen LogP contribution in [-0.2, 0) is 7.05 Å². The van der Waals surface area contributed by atoms with Gasteiger partial charge in [0, 0.05) is 18.8 Å². The molecule has 4 heteroatoms. The van der Waals surface area contributed by atoms with Crippen molar-refractivity contribution < 1.29 is 9.90 Å². The second-order valence-electron chi connectivity index (χ2n) is 4.09. The van der Waals surface area contributed by atoms with E-state index in [2.05, 4.69) is 5.10 Å². The predicted molar refractivity (Wildman–Crippen MR) is 65.1 cm³/mol. The van der Waals surface area contributed by atoms with Crippen molar-refractivity contribution in [2.24, 2.45) is 7.05 Å². The molecule has 0 atom stereocenters. The summed E-state index contributed by atoms with van der Waals surface area (Å²) in [6.07, 6.45) is 1.91. The van der Waals surface area contributed by atoms with Gasteiger partial charge in [-0.15, -0.1) is 0 Å². The molecule has 0 aliphatic heterocycles. The van der Waals surface area contributed by atoms with Gasteiger partial charge in [0.1, 0.15) is 0 Å². The summed E-state index contributed by atoms with van der Waals surface area (Å²) in [4.78, 5) is 11.1. The molecule has 1 heterocycles. The predicted octanol–water partition coefficient (Wildman–Crippen LogP) is 2.40. The fourth-order valence-electron chi connectivity index (χ4n) is 2.02.